The molecule has 1 fully saturated rings. The van der Waals surface area contributed by atoms with E-state index in [1.54, 1.807) is 18.2 Å². The van der Waals surface area contributed by atoms with Crippen LogP contribution in [0.5, 0.6) is 0 Å². The molecule has 1 heterocycles. The first kappa shape index (κ1) is 17.2. The molecule has 1 aromatic rings. The maximum Gasteiger partial charge on any atom is 0.282 e. The van der Waals surface area contributed by atoms with Crippen molar-refractivity contribution in [2.45, 2.75) is 26.4 Å². The van der Waals surface area contributed by atoms with Gasteiger partial charge in [-0.1, -0.05) is 29.8 Å². The smallest absolute Gasteiger partial charge is 0.282 e. The second-order valence-corrected chi connectivity index (χ2v) is 7.82. The Morgan fingerprint density at radius 1 is 1.27 bits per heavy atom. The van der Waals surface area contributed by atoms with E-state index < -0.39 is 10.2 Å². The molecular weight excluding hydrogens is 326 g/mol. The molecule has 22 heavy (non-hydrogen) atoms. The van der Waals surface area contributed by atoms with Gasteiger partial charge in [-0.2, -0.15) is 17.0 Å². The number of halogens is 1. The molecule has 1 N–H and O–H groups in total. The van der Waals surface area contributed by atoms with E-state index in [1.165, 1.54) is 8.61 Å². The molecule has 2 rings (SSSR count). The fourth-order valence-corrected chi connectivity index (χ4v) is 4.01. The Labute approximate surface area is 136 Å². The van der Waals surface area contributed by atoms with Crippen LogP contribution in [0.3, 0.4) is 0 Å². The molecule has 1 aromatic carbocycles. The number of amides is 1. The molecule has 1 amide bonds. The normalized spacial score (nSPS) is 18.7. The second-order valence-electron chi connectivity index (χ2n) is 5.49. The fourth-order valence-electron chi connectivity index (χ4n) is 2.28. The Kier molecular flexibility index (Phi) is 5.44. The lowest BCUT2D eigenvalue weighted by molar-refractivity contribution is -0.121. The Morgan fingerprint density at radius 3 is 2.55 bits per heavy atom. The molecule has 0 radical (unpaired) electrons. The molecule has 122 valence electrons. The number of hydrogen-bond donors (Lipinski definition) is 1. The first-order chi connectivity index (χ1) is 10.3. The van der Waals surface area contributed by atoms with E-state index in [2.05, 4.69) is 5.32 Å². The quantitative estimate of drug-likeness (QED) is 0.872. The van der Waals surface area contributed by atoms with Crippen molar-refractivity contribution in [3.8, 4) is 0 Å². The van der Waals surface area contributed by atoms with Crippen molar-refractivity contribution >= 4 is 27.7 Å². The largest absolute Gasteiger partial charge is 0.353 e. The van der Waals surface area contributed by atoms with Crippen LogP contribution < -0.4 is 5.32 Å². The van der Waals surface area contributed by atoms with Gasteiger partial charge in [0.05, 0.1) is 6.54 Å². The van der Waals surface area contributed by atoms with E-state index in [1.807, 2.05) is 19.9 Å². The van der Waals surface area contributed by atoms with E-state index >= 15 is 0 Å². The molecule has 0 atom stereocenters. The van der Waals surface area contributed by atoms with Crippen molar-refractivity contribution < 1.29 is 13.2 Å². The van der Waals surface area contributed by atoms with Crippen LogP contribution in [0.2, 0.25) is 5.02 Å². The van der Waals surface area contributed by atoms with E-state index in [-0.39, 0.29) is 25.0 Å². The zero-order valence-corrected chi connectivity index (χ0v) is 14.2. The molecular formula is C14H20ClN3O3S. The van der Waals surface area contributed by atoms with E-state index in [4.69, 9.17) is 11.6 Å². The maximum absolute atomic E-state index is 12.5. The Bertz CT molecular complexity index is 648. The SMILES string of the molecule is CC(C)NC(=O)CN1CCN(Cc2ccccc2Cl)S1(=O)=O. The van der Waals surface area contributed by atoms with Gasteiger partial charge in [-0.15, -0.1) is 0 Å². The minimum atomic E-state index is -3.63. The van der Waals surface area contributed by atoms with Gasteiger partial charge in [-0.05, 0) is 25.5 Å². The van der Waals surface area contributed by atoms with Gasteiger partial charge in [0.15, 0.2) is 0 Å². The summed E-state index contributed by atoms with van der Waals surface area (Å²) < 4.78 is 27.5. The van der Waals surface area contributed by atoms with Crippen molar-refractivity contribution in [1.82, 2.24) is 13.9 Å². The Morgan fingerprint density at radius 2 is 1.91 bits per heavy atom. The van der Waals surface area contributed by atoms with Crippen molar-refractivity contribution in [2.24, 2.45) is 0 Å². The minimum Gasteiger partial charge on any atom is -0.353 e. The monoisotopic (exact) mass is 345 g/mol. The van der Waals surface area contributed by atoms with Crippen LogP contribution in [0.15, 0.2) is 24.3 Å². The highest BCUT2D eigenvalue weighted by atomic mass is 35.5. The van der Waals surface area contributed by atoms with Gasteiger partial charge in [0.2, 0.25) is 5.91 Å². The summed E-state index contributed by atoms with van der Waals surface area (Å²) >= 11 is 6.07. The third kappa shape index (κ3) is 3.98. The zero-order chi connectivity index (χ0) is 16.3. The summed E-state index contributed by atoms with van der Waals surface area (Å²) in [5.74, 6) is -0.293. The van der Waals surface area contributed by atoms with Gasteiger partial charge in [0, 0.05) is 30.7 Å². The summed E-state index contributed by atoms with van der Waals surface area (Å²) in [5.41, 5.74) is 0.751. The average molecular weight is 346 g/mol. The summed E-state index contributed by atoms with van der Waals surface area (Å²) in [6, 6.07) is 7.13. The topological polar surface area (TPSA) is 69.7 Å². The molecule has 0 bridgehead atoms. The number of nitrogens with zero attached hydrogens (tertiary/aromatic N) is 2. The van der Waals surface area contributed by atoms with Crippen molar-refractivity contribution in [1.29, 1.82) is 0 Å². The lowest BCUT2D eigenvalue weighted by Crippen LogP contribution is -2.42. The predicted octanol–water partition coefficient (Wildman–Crippen LogP) is 1.23. The van der Waals surface area contributed by atoms with Gasteiger partial charge in [0.1, 0.15) is 0 Å². The predicted molar refractivity (Wildman–Crippen MR) is 85.6 cm³/mol. The molecule has 1 saturated heterocycles. The number of rotatable bonds is 5. The molecule has 1 aliphatic heterocycles. The summed E-state index contributed by atoms with van der Waals surface area (Å²) in [6.07, 6.45) is 0. The van der Waals surface area contributed by atoms with Crippen molar-refractivity contribution in [2.75, 3.05) is 19.6 Å². The van der Waals surface area contributed by atoms with Crippen LogP contribution in [0, 0.1) is 0 Å². The standard InChI is InChI=1S/C14H20ClN3O3S/c1-11(2)16-14(19)10-18-8-7-17(22(18,20)21)9-12-5-3-4-6-13(12)15/h3-6,11H,7-10H2,1-2H3,(H,16,19). The number of carbonyl (C=O) groups excluding carboxylic acids is 1. The highest BCUT2D eigenvalue weighted by molar-refractivity contribution is 7.87. The molecule has 1 aliphatic rings. The highest BCUT2D eigenvalue weighted by Gasteiger charge is 2.37. The lowest BCUT2D eigenvalue weighted by Gasteiger charge is -2.19. The van der Waals surface area contributed by atoms with E-state index in [0.717, 1.165) is 5.56 Å². The third-order valence-corrected chi connectivity index (χ3v) is 5.62. The van der Waals surface area contributed by atoms with Crippen LogP contribution in [0.25, 0.3) is 0 Å². The van der Waals surface area contributed by atoms with Crippen LogP contribution in [-0.2, 0) is 21.5 Å². The molecule has 6 nitrogen and oxygen atoms in total. The third-order valence-electron chi connectivity index (χ3n) is 3.33. The van der Waals surface area contributed by atoms with E-state index in [9.17, 15) is 13.2 Å². The molecule has 0 aromatic heterocycles. The molecule has 8 heteroatoms. The maximum atomic E-state index is 12.5. The Balaban J connectivity index is 2.05. The molecule has 0 aliphatic carbocycles. The second kappa shape index (κ2) is 6.95. The first-order valence-corrected chi connectivity index (χ1v) is 8.86. The molecule has 0 spiro atoms. The van der Waals surface area contributed by atoms with Crippen LogP contribution in [0.1, 0.15) is 19.4 Å². The van der Waals surface area contributed by atoms with Crippen molar-refractivity contribution in [3.63, 3.8) is 0 Å². The highest BCUT2D eigenvalue weighted by Crippen LogP contribution is 2.23. The number of nitrogens with one attached hydrogen (secondary N) is 1. The van der Waals surface area contributed by atoms with Gasteiger partial charge in [-0.25, -0.2) is 0 Å². The number of benzene rings is 1. The summed E-state index contributed by atoms with van der Waals surface area (Å²) in [6.45, 7) is 4.38. The fraction of sp³-hybridized carbons (Fsp3) is 0.500. The van der Waals surface area contributed by atoms with Crippen LogP contribution in [-0.4, -0.2) is 48.6 Å². The summed E-state index contributed by atoms with van der Waals surface area (Å²) in [7, 11) is -3.63. The lowest BCUT2D eigenvalue weighted by atomic mass is 10.2. The van der Waals surface area contributed by atoms with E-state index in [0.29, 0.717) is 18.1 Å². The molecule has 0 unspecified atom stereocenters. The van der Waals surface area contributed by atoms with Gasteiger partial charge >= 0.3 is 0 Å². The zero-order valence-electron chi connectivity index (χ0n) is 12.6. The van der Waals surface area contributed by atoms with Gasteiger partial charge < -0.3 is 5.32 Å². The summed E-state index contributed by atoms with van der Waals surface area (Å²) in [5, 5.41) is 3.23. The summed E-state index contributed by atoms with van der Waals surface area (Å²) in [4.78, 5) is 11.8. The molecule has 0 saturated carbocycles. The number of carbonyl (C=O) groups is 1. The Hall–Kier alpha value is -1.15. The van der Waals surface area contributed by atoms with Crippen molar-refractivity contribution in [3.05, 3.63) is 34.9 Å². The minimum absolute atomic E-state index is 0.0166. The number of hydrogen-bond acceptors (Lipinski definition) is 3. The van der Waals surface area contributed by atoms with Gasteiger partial charge in [-0.3, -0.25) is 4.79 Å². The van der Waals surface area contributed by atoms with Gasteiger partial charge in [0.25, 0.3) is 10.2 Å². The van der Waals surface area contributed by atoms with Crippen LogP contribution in [0.4, 0.5) is 0 Å². The van der Waals surface area contributed by atoms with Crippen LogP contribution >= 0.6 is 11.6 Å². The first-order valence-electron chi connectivity index (χ1n) is 7.08. The average Bonchev–Trinajstić information content (AvgIpc) is 2.67.